The van der Waals surface area contributed by atoms with Gasteiger partial charge >= 0.3 is 0 Å². The molecule has 2 saturated carbocycles. The molecule has 4 nitrogen and oxygen atoms in total. The number of carbonyl (C=O) groups is 1. The number of anilines is 2. The van der Waals surface area contributed by atoms with Crippen LogP contribution in [0.1, 0.15) is 68.1 Å². The number of rotatable bonds is 5. The molecule has 1 amide bonds. The first kappa shape index (κ1) is 20.5. The molecule has 2 aliphatic carbocycles. The Balaban J connectivity index is 1.26. The van der Waals surface area contributed by atoms with Crippen LogP contribution >= 0.6 is 0 Å². The van der Waals surface area contributed by atoms with Crippen molar-refractivity contribution in [1.29, 1.82) is 0 Å². The first-order chi connectivity index (χ1) is 15.8. The van der Waals surface area contributed by atoms with E-state index in [2.05, 4.69) is 39.0 Å². The minimum atomic E-state index is 0.218. The maximum absolute atomic E-state index is 13.4. The van der Waals surface area contributed by atoms with Crippen LogP contribution < -0.4 is 9.80 Å². The van der Waals surface area contributed by atoms with Crippen molar-refractivity contribution in [2.24, 2.45) is 11.8 Å². The average molecular weight is 432 g/mol. The summed E-state index contributed by atoms with van der Waals surface area (Å²) in [5.41, 5.74) is 3.39. The maximum Gasteiger partial charge on any atom is 0.259 e. The summed E-state index contributed by atoms with van der Waals surface area (Å²) in [6.45, 7) is 6.77. The van der Waals surface area contributed by atoms with Crippen molar-refractivity contribution >= 4 is 28.1 Å². The fourth-order valence-electron chi connectivity index (χ4n) is 6.55. The molecule has 2 heterocycles. The van der Waals surface area contributed by atoms with E-state index in [1.54, 1.807) is 0 Å². The lowest BCUT2D eigenvalue weighted by molar-refractivity contribution is 0.0987. The van der Waals surface area contributed by atoms with E-state index in [1.165, 1.54) is 87.3 Å². The molecule has 0 N–H and O–H groups in total. The van der Waals surface area contributed by atoms with Gasteiger partial charge in [-0.25, -0.2) is 0 Å². The molecule has 3 fully saturated rings. The molecular formula is C28H37N3O. The number of amides is 1. The number of hydrogen-bond acceptors (Lipinski definition) is 3. The molecule has 0 unspecified atom stereocenters. The zero-order valence-corrected chi connectivity index (χ0v) is 19.4. The van der Waals surface area contributed by atoms with E-state index in [1.807, 2.05) is 6.07 Å². The third kappa shape index (κ3) is 3.71. The van der Waals surface area contributed by atoms with E-state index in [0.717, 1.165) is 43.3 Å². The highest BCUT2D eigenvalue weighted by Crippen LogP contribution is 2.43. The summed E-state index contributed by atoms with van der Waals surface area (Å²) in [5, 5.41) is 2.47. The summed E-state index contributed by atoms with van der Waals surface area (Å²) >= 11 is 0. The maximum atomic E-state index is 13.4. The predicted octanol–water partition coefficient (Wildman–Crippen LogP) is 5.69. The largest absolute Gasteiger partial charge is 0.370 e. The van der Waals surface area contributed by atoms with Crippen LogP contribution in [0, 0.1) is 11.8 Å². The summed E-state index contributed by atoms with van der Waals surface area (Å²) in [5.74, 6) is 1.82. The smallest absolute Gasteiger partial charge is 0.259 e. The van der Waals surface area contributed by atoms with Crippen LogP contribution in [-0.2, 0) is 0 Å². The van der Waals surface area contributed by atoms with Gasteiger partial charge in [-0.2, -0.15) is 0 Å². The lowest BCUT2D eigenvalue weighted by Gasteiger charge is -2.32. The Morgan fingerprint density at radius 1 is 0.719 bits per heavy atom. The number of nitrogens with zero attached hydrogens (tertiary/aromatic N) is 3. The third-order valence-electron chi connectivity index (χ3n) is 8.60. The van der Waals surface area contributed by atoms with E-state index >= 15 is 0 Å². The minimum absolute atomic E-state index is 0.218. The lowest BCUT2D eigenvalue weighted by atomic mass is 9.85. The van der Waals surface area contributed by atoms with Gasteiger partial charge in [0.1, 0.15) is 0 Å². The Labute approximate surface area is 192 Å². The van der Waals surface area contributed by atoms with Crippen LogP contribution in [0.5, 0.6) is 0 Å². The Morgan fingerprint density at radius 3 is 2.31 bits per heavy atom. The van der Waals surface area contributed by atoms with Gasteiger partial charge in [0.2, 0.25) is 0 Å². The van der Waals surface area contributed by atoms with Crippen LogP contribution in [0.25, 0.3) is 10.8 Å². The van der Waals surface area contributed by atoms with Crippen molar-refractivity contribution in [2.45, 2.75) is 57.8 Å². The van der Waals surface area contributed by atoms with Gasteiger partial charge in [-0.1, -0.05) is 37.8 Å². The normalized spacial score (nSPS) is 23.1. The molecule has 2 aromatic carbocycles. The van der Waals surface area contributed by atoms with Crippen molar-refractivity contribution < 1.29 is 4.79 Å². The monoisotopic (exact) mass is 431 g/mol. The summed E-state index contributed by atoms with van der Waals surface area (Å²) in [7, 11) is 0. The first-order valence-corrected chi connectivity index (χ1v) is 13.1. The summed E-state index contributed by atoms with van der Waals surface area (Å²) < 4.78 is 0. The Kier molecular flexibility index (Phi) is 5.58. The predicted molar refractivity (Wildman–Crippen MR) is 133 cm³/mol. The van der Waals surface area contributed by atoms with E-state index < -0.39 is 0 Å². The van der Waals surface area contributed by atoms with Crippen LogP contribution in [0.15, 0.2) is 30.3 Å². The topological polar surface area (TPSA) is 26.8 Å². The highest BCUT2D eigenvalue weighted by Gasteiger charge is 2.33. The van der Waals surface area contributed by atoms with Gasteiger partial charge in [0.15, 0.2) is 0 Å². The molecular weight excluding hydrogens is 394 g/mol. The van der Waals surface area contributed by atoms with Crippen molar-refractivity contribution in [2.75, 3.05) is 49.1 Å². The van der Waals surface area contributed by atoms with Crippen LogP contribution in [0.3, 0.4) is 0 Å². The summed E-state index contributed by atoms with van der Waals surface area (Å²) in [6.07, 6.45) is 12.1. The molecule has 4 aliphatic rings. The van der Waals surface area contributed by atoms with Gasteiger partial charge in [-0.05, 0) is 68.7 Å². The van der Waals surface area contributed by atoms with Gasteiger partial charge in [-0.3, -0.25) is 4.79 Å². The van der Waals surface area contributed by atoms with Crippen LogP contribution in [-0.4, -0.2) is 50.1 Å². The summed E-state index contributed by atoms with van der Waals surface area (Å²) in [6, 6.07) is 10.9. The highest BCUT2D eigenvalue weighted by molar-refractivity contribution is 6.26. The van der Waals surface area contributed by atoms with Crippen molar-refractivity contribution in [1.82, 2.24) is 4.90 Å². The zero-order chi connectivity index (χ0) is 21.5. The first-order valence-electron chi connectivity index (χ1n) is 13.1. The molecule has 6 rings (SSSR count). The van der Waals surface area contributed by atoms with Gasteiger partial charge in [0.25, 0.3) is 5.91 Å². The van der Waals surface area contributed by atoms with Gasteiger partial charge in [0.05, 0.1) is 5.69 Å². The Morgan fingerprint density at radius 2 is 1.50 bits per heavy atom. The quantitative estimate of drug-likeness (QED) is 0.608. The molecule has 0 atom stereocenters. The SMILES string of the molecule is O=C1c2cccc3c(N4CCCN(CC5CCC5)CC4)ccc(c23)N1CC1CCCCC1. The number of carbonyl (C=O) groups excluding carboxylic acids is 1. The van der Waals surface area contributed by atoms with Gasteiger partial charge < -0.3 is 14.7 Å². The van der Waals surface area contributed by atoms with Crippen LogP contribution in [0.2, 0.25) is 0 Å². The van der Waals surface area contributed by atoms with Gasteiger partial charge in [0, 0.05) is 54.7 Å². The molecule has 0 radical (unpaired) electrons. The van der Waals surface area contributed by atoms with E-state index in [-0.39, 0.29) is 5.91 Å². The highest BCUT2D eigenvalue weighted by atomic mass is 16.2. The summed E-state index contributed by atoms with van der Waals surface area (Å²) in [4.78, 5) is 20.8. The number of hydrogen-bond donors (Lipinski definition) is 0. The molecule has 2 aromatic rings. The standard InChI is InChI=1S/C28H37N3O/c32-28-24-12-5-11-23-25(30-16-6-15-29(17-18-30)19-21-9-4-10-21)13-14-26(27(23)24)31(28)20-22-7-2-1-3-8-22/h5,11-14,21-22H,1-4,6-10,15-20H2. The minimum Gasteiger partial charge on any atom is -0.370 e. The second kappa shape index (κ2) is 8.70. The Hall–Kier alpha value is -2.07. The molecule has 0 aromatic heterocycles. The molecule has 32 heavy (non-hydrogen) atoms. The van der Waals surface area contributed by atoms with Gasteiger partial charge in [-0.15, -0.1) is 0 Å². The van der Waals surface area contributed by atoms with E-state index in [4.69, 9.17) is 0 Å². The fraction of sp³-hybridized carbons (Fsp3) is 0.607. The number of benzene rings is 2. The molecule has 4 heteroatoms. The fourth-order valence-corrected chi connectivity index (χ4v) is 6.55. The average Bonchev–Trinajstić information content (AvgIpc) is 2.94. The van der Waals surface area contributed by atoms with E-state index in [9.17, 15) is 4.79 Å². The van der Waals surface area contributed by atoms with Crippen molar-refractivity contribution in [3.8, 4) is 0 Å². The molecule has 0 bridgehead atoms. The van der Waals surface area contributed by atoms with Crippen molar-refractivity contribution in [3.05, 3.63) is 35.9 Å². The third-order valence-corrected chi connectivity index (χ3v) is 8.60. The van der Waals surface area contributed by atoms with E-state index in [0.29, 0.717) is 5.92 Å². The molecule has 170 valence electrons. The molecule has 0 spiro atoms. The second-order valence-electron chi connectivity index (χ2n) is 10.7. The van der Waals surface area contributed by atoms with Crippen molar-refractivity contribution in [3.63, 3.8) is 0 Å². The lowest BCUT2D eigenvalue weighted by Crippen LogP contribution is -2.35. The zero-order valence-electron chi connectivity index (χ0n) is 19.4. The Bertz CT molecular complexity index is 992. The van der Waals surface area contributed by atoms with Crippen LogP contribution in [0.4, 0.5) is 11.4 Å². The second-order valence-corrected chi connectivity index (χ2v) is 10.7. The molecule has 1 saturated heterocycles. The molecule has 2 aliphatic heterocycles.